The molecule has 0 unspecified atom stereocenters. The molecule has 0 atom stereocenters. The summed E-state index contributed by atoms with van der Waals surface area (Å²) in [5.41, 5.74) is 7.39. The molecule has 6 rings (SSSR count). The minimum atomic E-state index is -4.02. The van der Waals surface area contributed by atoms with Crippen LogP contribution in [0, 0.1) is 18.8 Å². The number of rotatable bonds is 12. The molecule has 0 radical (unpaired) electrons. The average molecular weight is 666 g/mol. The molecule has 254 valence electrons. The lowest BCUT2D eigenvalue weighted by molar-refractivity contribution is 0.0681. The van der Waals surface area contributed by atoms with E-state index in [1.807, 2.05) is 19.1 Å². The van der Waals surface area contributed by atoms with Gasteiger partial charge in [0.1, 0.15) is 11.5 Å². The third-order valence-corrected chi connectivity index (χ3v) is 9.67. The van der Waals surface area contributed by atoms with Gasteiger partial charge < -0.3 is 23.8 Å². The zero-order chi connectivity index (χ0) is 33.6. The predicted molar refractivity (Wildman–Crippen MR) is 183 cm³/mol. The Morgan fingerprint density at radius 2 is 1.55 bits per heavy atom. The molecule has 0 spiro atoms. The molecule has 1 N–H and O–H groups in total. The number of aromatic nitrogens is 2. The quantitative estimate of drug-likeness (QED) is 0.167. The van der Waals surface area contributed by atoms with Crippen LogP contribution in [0.1, 0.15) is 49.4 Å². The van der Waals surface area contributed by atoms with E-state index in [1.54, 1.807) is 33.5 Å². The number of hydrogen-bond donors (Lipinski definition) is 1. The lowest BCUT2D eigenvalue weighted by Crippen LogP contribution is -2.34. The van der Waals surface area contributed by atoms with Crippen molar-refractivity contribution in [2.45, 2.75) is 57.5 Å². The number of ether oxygens (including phenoxy) is 4. The van der Waals surface area contributed by atoms with Crippen molar-refractivity contribution in [3.63, 3.8) is 0 Å². The molecule has 1 aliphatic heterocycles. The maximum absolute atomic E-state index is 10.5. The van der Waals surface area contributed by atoms with Gasteiger partial charge in [0.2, 0.25) is 0 Å². The summed E-state index contributed by atoms with van der Waals surface area (Å²) < 4.78 is 54.4. The maximum atomic E-state index is 10.5. The topological polar surface area (TPSA) is 112 Å². The number of nitrogens with zero attached hydrogens (tertiary/aromatic N) is 3. The smallest absolute Gasteiger partial charge is 0.294 e. The Balaban J connectivity index is 0.000000335. The van der Waals surface area contributed by atoms with Crippen LogP contribution < -0.4 is 14.4 Å². The lowest BCUT2D eigenvalue weighted by atomic mass is 9.99. The van der Waals surface area contributed by atoms with E-state index in [-0.39, 0.29) is 4.90 Å². The van der Waals surface area contributed by atoms with Gasteiger partial charge in [0.15, 0.2) is 0 Å². The zero-order valence-corrected chi connectivity index (χ0v) is 28.9. The van der Waals surface area contributed by atoms with Crippen LogP contribution in [0.3, 0.4) is 0 Å². The second-order valence-electron chi connectivity index (χ2n) is 12.4. The van der Waals surface area contributed by atoms with Crippen LogP contribution in [-0.4, -0.2) is 70.2 Å². The Kier molecular flexibility index (Phi) is 11.4. The highest BCUT2D eigenvalue weighted by atomic mass is 32.2. The van der Waals surface area contributed by atoms with Gasteiger partial charge in [0.05, 0.1) is 53.9 Å². The molecule has 2 aromatic heterocycles. The molecule has 0 amide bonds. The zero-order valence-electron chi connectivity index (χ0n) is 28.1. The third-order valence-electron chi connectivity index (χ3n) is 8.80. The van der Waals surface area contributed by atoms with Gasteiger partial charge in [0.25, 0.3) is 10.1 Å². The second-order valence-corrected chi connectivity index (χ2v) is 13.8. The van der Waals surface area contributed by atoms with Crippen LogP contribution in [0.2, 0.25) is 0 Å². The number of pyridine rings is 1. The van der Waals surface area contributed by atoms with E-state index in [0.717, 1.165) is 96.6 Å². The molecule has 2 aliphatic rings. The van der Waals surface area contributed by atoms with Crippen molar-refractivity contribution in [1.82, 2.24) is 9.61 Å². The monoisotopic (exact) mass is 665 g/mol. The van der Waals surface area contributed by atoms with Gasteiger partial charge in [-0.2, -0.15) is 13.5 Å². The SMILES string of the molecule is CCc1nn2c(-c3c(OC)cc(COC)cc3OC)cccc2c1N(CC1CCOCC1)CC1CC1.Cc1ccc(S(=O)(=O)O)cc1. The van der Waals surface area contributed by atoms with Crippen molar-refractivity contribution in [3.05, 3.63) is 71.4 Å². The molecule has 47 heavy (non-hydrogen) atoms. The fourth-order valence-corrected chi connectivity index (χ4v) is 6.64. The molecule has 0 bridgehead atoms. The first-order valence-corrected chi connectivity index (χ1v) is 17.7. The van der Waals surface area contributed by atoms with Gasteiger partial charge in [-0.25, -0.2) is 4.52 Å². The van der Waals surface area contributed by atoms with Crippen molar-refractivity contribution in [2.75, 3.05) is 52.5 Å². The van der Waals surface area contributed by atoms with Gasteiger partial charge in [-0.3, -0.25) is 4.55 Å². The fourth-order valence-electron chi connectivity index (χ4n) is 6.16. The molecular formula is C36H47N3O7S. The van der Waals surface area contributed by atoms with Gasteiger partial charge in [-0.05, 0) is 92.8 Å². The molecule has 1 saturated carbocycles. The highest BCUT2D eigenvalue weighted by Gasteiger charge is 2.30. The van der Waals surface area contributed by atoms with Gasteiger partial charge in [-0.1, -0.05) is 30.7 Å². The van der Waals surface area contributed by atoms with Crippen LogP contribution in [0.5, 0.6) is 11.5 Å². The van der Waals surface area contributed by atoms with Crippen LogP contribution in [0.25, 0.3) is 16.8 Å². The van der Waals surface area contributed by atoms with Crippen molar-refractivity contribution < 1.29 is 31.9 Å². The first-order chi connectivity index (χ1) is 22.7. The molecule has 11 heteroatoms. The molecule has 1 saturated heterocycles. The van der Waals surface area contributed by atoms with E-state index in [0.29, 0.717) is 12.5 Å². The van der Waals surface area contributed by atoms with Crippen molar-refractivity contribution in [2.24, 2.45) is 11.8 Å². The van der Waals surface area contributed by atoms with Gasteiger partial charge in [-0.15, -0.1) is 0 Å². The van der Waals surface area contributed by atoms with E-state index >= 15 is 0 Å². The minimum Gasteiger partial charge on any atom is -0.496 e. The summed E-state index contributed by atoms with van der Waals surface area (Å²) >= 11 is 0. The highest BCUT2D eigenvalue weighted by Crippen LogP contribution is 2.42. The molecule has 1 aliphatic carbocycles. The molecule has 10 nitrogen and oxygen atoms in total. The van der Waals surface area contributed by atoms with Crippen LogP contribution in [0.15, 0.2) is 59.5 Å². The summed E-state index contributed by atoms with van der Waals surface area (Å²) in [6.45, 7) is 8.46. The fraction of sp³-hybridized carbons (Fsp3) is 0.472. The van der Waals surface area contributed by atoms with E-state index in [4.69, 9.17) is 28.6 Å². The summed E-state index contributed by atoms with van der Waals surface area (Å²) in [7, 11) is 1.08. The van der Waals surface area contributed by atoms with Crippen LogP contribution >= 0.6 is 0 Å². The van der Waals surface area contributed by atoms with E-state index in [1.165, 1.54) is 30.7 Å². The normalized spacial score (nSPS) is 15.3. The Morgan fingerprint density at radius 1 is 0.936 bits per heavy atom. The van der Waals surface area contributed by atoms with E-state index in [9.17, 15) is 8.42 Å². The number of aryl methyl sites for hydroxylation is 2. The molecule has 3 heterocycles. The van der Waals surface area contributed by atoms with Crippen LogP contribution in [-0.2, 0) is 32.6 Å². The first kappa shape index (κ1) is 34.7. The number of anilines is 1. The largest absolute Gasteiger partial charge is 0.496 e. The summed E-state index contributed by atoms with van der Waals surface area (Å²) in [5, 5.41) is 5.17. The second kappa shape index (κ2) is 15.5. The van der Waals surface area contributed by atoms with Crippen LogP contribution in [0.4, 0.5) is 5.69 Å². The highest BCUT2D eigenvalue weighted by molar-refractivity contribution is 7.85. The third kappa shape index (κ3) is 8.45. The summed E-state index contributed by atoms with van der Waals surface area (Å²) in [4.78, 5) is 2.57. The first-order valence-electron chi connectivity index (χ1n) is 16.3. The van der Waals surface area contributed by atoms with Crippen molar-refractivity contribution in [3.8, 4) is 22.8 Å². The molecule has 2 aromatic carbocycles. The summed E-state index contributed by atoms with van der Waals surface area (Å²) in [6.07, 6.45) is 5.81. The Bertz CT molecular complexity index is 1720. The van der Waals surface area contributed by atoms with E-state index < -0.39 is 10.1 Å². The number of hydrogen-bond acceptors (Lipinski definition) is 8. The molecule has 4 aromatic rings. The van der Waals surface area contributed by atoms with Gasteiger partial charge >= 0.3 is 0 Å². The molecular weight excluding hydrogens is 618 g/mol. The summed E-state index contributed by atoms with van der Waals surface area (Å²) in [5.74, 6) is 2.96. The standard InChI is InChI=1S/C29H39N3O4.C7H8O3S/c1-5-23-29(31(17-20-9-10-20)18-21-11-13-36-14-12-21)25-8-6-7-24(32(25)30-23)28-26(34-3)15-22(19-33-2)16-27(28)35-4;1-6-2-4-7(5-3-6)11(8,9)10/h6-8,15-16,20-21H,5,9-14,17-19H2,1-4H3;2-5H,1H3,(H,8,9,10). The van der Waals surface area contributed by atoms with Crippen molar-refractivity contribution in [1.29, 1.82) is 0 Å². The Hall–Kier alpha value is -3.64. The maximum Gasteiger partial charge on any atom is 0.294 e. The summed E-state index contributed by atoms with van der Waals surface area (Å²) in [6, 6.07) is 16.5. The minimum absolute atomic E-state index is 0.0666. The average Bonchev–Trinajstić information content (AvgIpc) is 3.81. The number of benzene rings is 2. The number of methoxy groups -OCH3 is 3. The van der Waals surface area contributed by atoms with Gasteiger partial charge in [0, 0.05) is 33.4 Å². The number of fused-ring (bicyclic) bond motifs is 1. The van der Waals surface area contributed by atoms with E-state index in [2.05, 4.69) is 34.5 Å². The Labute approximate surface area is 278 Å². The predicted octanol–water partition coefficient (Wildman–Crippen LogP) is 6.61. The lowest BCUT2D eigenvalue weighted by Gasteiger charge is -2.31. The van der Waals surface area contributed by atoms with Crippen molar-refractivity contribution >= 4 is 21.3 Å². The molecule has 2 fully saturated rings. The Morgan fingerprint density at radius 3 is 2.09 bits per heavy atom.